The van der Waals surface area contributed by atoms with Crippen LogP contribution in [0.1, 0.15) is 12.6 Å². The summed E-state index contributed by atoms with van der Waals surface area (Å²) in [5.74, 6) is 0.493. The van der Waals surface area contributed by atoms with Crippen LogP contribution in [0.3, 0.4) is 0 Å². The van der Waals surface area contributed by atoms with Crippen LogP contribution in [0, 0.1) is 0 Å². The number of anilines is 1. The number of halogens is 5. The van der Waals surface area contributed by atoms with E-state index in [2.05, 4.69) is 10.00 Å². The molecule has 1 amide bonds. The smallest absolute Gasteiger partial charge is 0.434 e. The van der Waals surface area contributed by atoms with Gasteiger partial charge in [0.1, 0.15) is 23.7 Å². The van der Waals surface area contributed by atoms with Crippen LogP contribution >= 0.6 is 23.2 Å². The van der Waals surface area contributed by atoms with Gasteiger partial charge in [0.25, 0.3) is 0 Å². The number of methoxy groups -OCH3 is 2. The first-order valence-electron chi connectivity index (χ1n) is 11.4. The number of alkyl halides is 3. The molecule has 1 atom stereocenters. The minimum atomic E-state index is -4.80. The summed E-state index contributed by atoms with van der Waals surface area (Å²) in [5.41, 5.74) is -0.0143. The highest BCUT2D eigenvalue weighted by Gasteiger charge is 2.41. The largest absolute Gasteiger partial charge is 0.497 e. The van der Waals surface area contributed by atoms with Gasteiger partial charge in [-0.05, 0) is 31.2 Å². The fourth-order valence-corrected chi connectivity index (χ4v) is 4.95. The van der Waals surface area contributed by atoms with Crippen molar-refractivity contribution in [3.63, 3.8) is 0 Å². The van der Waals surface area contributed by atoms with Gasteiger partial charge < -0.3 is 19.3 Å². The summed E-state index contributed by atoms with van der Waals surface area (Å²) in [6.45, 7) is 2.47. The van der Waals surface area contributed by atoms with Gasteiger partial charge in [-0.1, -0.05) is 35.3 Å². The second kappa shape index (κ2) is 10.7. The fraction of sp³-hybridized carbons (Fsp3) is 0.360. The molecule has 4 rings (SSSR count). The third-order valence-corrected chi connectivity index (χ3v) is 6.91. The Hall–Kier alpha value is -3.11. The lowest BCUT2D eigenvalue weighted by Gasteiger charge is -2.41. The van der Waals surface area contributed by atoms with Crippen LogP contribution in [0.25, 0.3) is 11.3 Å². The highest BCUT2D eigenvalue weighted by Crippen LogP contribution is 2.40. The molecule has 1 aromatic heterocycles. The quantitative estimate of drug-likeness (QED) is 0.393. The topological polar surface area (TPSA) is 59.8 Å². The molecule has 7 nitrogen and oxygen atoms in total. The molecule has 12 heteroatoms. The van der Waals surface area contributed by atoms with E-state index >= 15 is 0 Å². The van der Waals surface area contributed by atoms with E-state index < -0.39 is 29.3 Å². The molecule has 0 aliphatic carbocycles. The molecule has 1 aliphatic heterocycles. The van der Waals surface area contributed by atoms with Crippen LogP contribution in [0.15, 0.2) is 42.5 Å². The number of aromatic nitrogens is 2. The van der Waals surface area contributed by atoms with E-state index in [0.717, 1.165) is 5.69 Å². The average Bonchev–Trinajstić information content (AvgIpc) is 3.20. The Morgan fingerprint density at radius 2 is 1.86 bits per heavy atom. The molecule has 37 heavy (non-hydrogen) atoms. The summed E-state index contributed by atoms with van der Waals surface area (Å²) in [5, 5.41) is 4.01. The van der Waals surface area contributed by atoms with Crippen molar-refractivity contribution >= 4 is 34.8 Å². The Bertz CT molecular complexity index is 1300. The summed E-state index contributed by atoms with van der Waals surface area (Å²) >= 11 is 12.3. The molecule has 3 aromatic rings. The fourth-order valence-electron chi connectivity index (χ4n) is 4.40. The lowest BCUT2D eigenvalue weighted by atomic mass is 10.1. The van der Waals surface area contributed by atoms with Crippen molar-refractivity contribution in [1.29, 1.82) is 0 Å². The highest BCUT2D eigenvalue weighted by molar-refractivity contribution is 6.34. The van der Waals surface area contributed by atoms with Crippen molar-refractivity contribution in [3.05, 3.63) is 58.2 Å². The Morgan fingerprint density at radius 1 is 1.11 bits per heavy atom. The molecule has 1 aliphatic rings. The maximum absolute atomic E-state index is 13.9. The van der Waals surface area contributed by atoms with E-state index in [0.29, 0.717) is 46.4 Å². The zero-order valence-electron chi connectivity index (χ0n) is 20.4. The summed E-state index contributed by atoms with van der Waals surface area (Å²) in [7, 11) is 2.98. The number of piperazine rings is 1. The monoisotopic (exact) mass is 556 g/mol. The lowest BCUT2D eigenvalue weighted by Crippen LogP contribution is -2.54. The number of nitrogens with zero attached hydrogens (tertiary/aromatic N) is 4. The Balaban J connectivity index is 1.55. The Labute approximate surface area is 222 Å². The minimum Gasteiger partial charge on any atom is -0.497 e. The third-order valence-electron chi connectivity index (χ3n) is 6.24. The second-order valence-electron chi connectivity index (χ2n) is 8.60. The van der Waals surface area contributed by atoms with Crippen LogP contribution in [0.5, 0.6) is 11.5 Å². The van der Waals surface area contributed by atoms with Crippen LogP contribution in [-0.4, -0.2) is 60.5 Å². The maximum Gasteiger partial charge on any atom is 0.434 e. The minimum absolute atomic E-state index is 0.0736. The predicted octanol–water partition coefficient (Wildman–Crippen LogP) is 5.63. The predicted molar refractivity (Wildman–Crippen MR) is 136 cm³/mol. The molecule has 2 aromatic carbocycles. The van der Waals surface area contributed by atoms with Crippen molar-refractivity contribution in [1.82, 2.24) is 14.7 Å². The number of hydrogen-bond acceptors (Lipinski definition) is 5. The van der Waals surface area contributed by atoms with Crippen molar-refractivity contribution in [2.24, 2.45) is 0 Å². The zero-order valence-corrected chi connectivity index (χ0v) is 21.9. The first-order valence-corrected chi connectivity index (χ1v) is 12.1. The maximum atomic E-state index is 13.9. The van der Waals surface area contributed by atoms with Crippen molar-refractivity contribution in [2.75, 3.05) is 38.8 Å². The summed E-state index contributed by atoms with van der Waals surface area (Å²) in [6.07, 6.45) is -4.80. The number of ether oxygens (including phenoxy) is 2. The normalized spacial score (nSPS) is 16.2. The molecule has 0 bridgehead atoms. The van der Waals surface area contributed by atoms with Crippen LogP contribution in [0.2, 0.25) is 10.0 Å². The molecule has 0 radical (unpaired) electrons. The molecule has 198 valence electrons. The van der Waals surface area contributed by atoms with E-state index in [1.807, 2.05) is 19.1 Å². The first kappa shape index (κ1) is 26.9. The van der Waals surface area contributed by atoms with Crippen LogP contribution in [-0.2, 0) is 17.5 Å². The van der Waals surface area contributed by atoms with E-state index in [9.17, 15) is 18.0 Å². The van der Waals surface area contributed by atoms with Gasteiger partial charge in [0, 0.05) is 43.0 Å². The molecule has 1 unspecified atom stereocenters. The number of hydrogen-bond donors (Lipinski definition) is 0. The second-order valence-corrected chi connectivity index (χ2v) is 9.38. The third kappa shape index (κ3) is 5.60. The van der Waals surface area contributed by atoms with Gasteiger partial charge in [-0.25, -0.2) is 4.68 Å². The van der Waals surface area contributed by atoms with Crippen molar-refractivity contribution in [2.45, 2.75) is 25.7 Å². The number of rotatable bonds is 6. The van der Waals surface area contributed by atoms with E-state index in [1.165, 1.54) is 25.2 Å². The van der Waals surface area contributed by atoms with Gasteiger partial charge in [-0.15, -0.1) is 0 Å². The summed E-state index contributed by atoms with van der Waals surface area (Å²) < 4.78 is 52.9. The molecular formula is C25H25Cl2F3N4O3. The van der Waals surface area contributed by atoms with Gasteiger partial charge in [-0.2, -0.15) is 18.3 Å². The molecule has 1 saturated heterocycles. The van der Waals surface area contributed by atoms with Crippen LogP contribution < -0.4 is 14.4 Å². The van der Waals surface area contributed by atoms with E-state index in [-0.39, 0.29) is 11.7 Å². The van der Waals surface area contributed by atoms with Crippen LogP contribution in [0.4, 0.5) is 18.9 Å². The van der Waals surface area contributed by atoms with Crippen molar-refractivity contribution < 1.29 is 27.4 Å². The number of amides is 1. The number of benzene rings is 2. The summed E-state index contributed by atoms with van der Waals surface area (Å²) in [6, 6.07) is 11.7. The van der Waals surface area contributed by atoms with E-state index in [1.54, 1.807) is 24.3 Å². The standard InChI is InChI=1S/C25H25Cl2F3N4O3/c1-15-13-32(9-10-33(15)17-7-8-19(26)20(12-17)37-3)21(35)14-34-24(25(28,29)30)22(27)23(31-34)16-5-4-6-18(11-16)36-2/h4-8,11-12,15H,9-10,13-14H2,1-3H3. The highest BCUT2D eigenvalue weighted by atomic mass is 35.5. The van der Waals surface area contributed by atoms with Gasteiger partial charge in [-0.3, -0.25) is 4.79 Å². The van der Waals surface area contributed by atoms with Gasteiger partial charge in [0.15, 0.2) is 5.69 Å². The zero-order chi connectivity index (χ0) is 26.9. The lowest BCUT2D eigenvalue weighted by molar-refractivity contribution is -0.145. The van der Waals surface area contributed by atoms with Crippen molar-refractivity contribution in [3.8, 4) is 22.8 Å². The Morgan fingerprint density at radius 3 is 2.51 bits per heavy atom. The van der Waals surface area contributed by atoms with Gasteiger partial charge in [0.2, 0.25) is 5.91 Å². The molecule has 0 N–H and O–H groups in total. The molecule has 1 fully saturated rings. The number of carbonyl (C=O) groups excluding carboxylic acids is 1. The van der Waals surface area contributed by atoms with Gasteiger partial charge >= 0.3 is 6.18 Å². The van der Waals surface area contributed by atoms with E-state index in [4.69, 9.17) is 32.7 Å². The molecular weight excluding hydrogens is 532 g/mol. The number of carbonyl (C=O) groups is 1. The first-order chi connectivity index (χ1) is 17.5. The summed E-state index contributed by atoms with van der Waals surface area (Å²) in [4.78, 5) is 16.7. The SMILES string of the molecule is COc1cccc(-c2nn(CC(=O)N3CCN(c4ccc(Cl)c(OC)c4)C(C)C3)c(C(F)(F)F)c2Cl)c1. The Kier molecular flexibility index (Phi) is 7.80. The van der Waals surface area contributed by atoms with Gasteiger partial charge in [0.05, 0.1) is 24.3 Å². The molecule has 2 heterocycles. The molecule has 0 saturated carbocycles. The molecule has 0 spiro atoms. The average molecular weight is 557 g/mol.